The maximum Gasteiger partial charge on any atom is 0.122 e. The van der Waals surface area contributed by atoms with Crippen molar-refractivity contribution in [2.24, 2.45) is 5.92 Å². The zero-order valence-electron chi connectivity index (χ0n) is 12.4. The molecule has 2 N–H and O–H groups in total. The van der Waals surface area contributed by atoms with E-state index in [9.17, 15) is 5.11 Å². The molecule has 1 aliphatic rings. The van der Waals surface area contributed by atoms with Gasteiger partial charge in [0.1, 0.15) is 11.4 Å². The maximum atomic E-state index is 11.0. The third kappa shape index (κ3) is 2.77. The van der Waals surface area contributed by atoms with Gasteiger partial charge in [0, 0.05) is 6.54 Å². The molecule has 1 unspecified atom stereocenters. The first-order chi connectivity index (χ1) is 9.02. The first-order valence-electron chi connectivity index (χ1n) is 7.08. The van der Waals surface area contributed by atoms with Crippen molar-refractivity contribution in [2.75, 3.05) is 20.7 Å². The number of ether oxygens (including phenoxy) is 1. The number of benzene rings is 1. The van der Waals surface area contributed by atoms with E-state index in [2.05, 4.69) is 25.2 Å². The van der Waals surface area contributed by atoms with Crippen molar-refractivity contribution in [1.82, 2.24) is 5.32 Å². The number of likely N-dealkylation sites (N-methyl/N-ethyl adjacent to an activating group) is 1. The van der Waals surface area contributed by atoms with Crippen molar-refractivity contribution in [3.8, 4) is 5.75 Å². The third-order valence-corrected chi connectivity index (χ3v) is 4.05. The third-order valence-electron chi connectivity index (χ3n) is 4.05. The van der Waals surface area contributed by atoms with Crippen molar-refractivity contribution < 1.29 is 9.84 Å². The number of aliphatic hydroxyl groups is 1. The normalized spacial score (nSPS) is 18.4. The molecule has 0 radical (unpaired) electrons. The van der Waals surface area contributed by atoms with E-state index in [-0.39, 0.29) is 0 Å². The molecular weight excluding hydrogens is 238 g/mol. The molecule has 1 fully saturated rings. The van der Waals surface area contributed by atoms with Crippen molar-refractivity contribution in [3.63, 3.8) is 0 Å². The highest BCUT2D eigenvalue weighted by Gasteiger charge is 2.44. The first kappa shape index (κ1) is 14.4. The summed E-state index contributed by atoms with van der Waals surface area (Å²) in [6.45, 7) is 4.90. The summed E-state index contributed by atoms with van der Waals surface area (Å²) >= 11 is 0. The SMILES string of the molecule is CNCC(O)(c1ccc(OC)c(C(C)C)c1)C1CC1. The van der Waals surface area contributed by atoms with Gasteiger partial charge >= 0.3 is 0 Å². The Hall–Kier alpha value is -1.06. The average Bonchev–Trinajstić information content (AvgIpc) is 3.22. The van der Waals surface area contributed by atoms with Crippen LogP contribution in [-0.2, 0) is 5.60 Å². The quantitative estimate of drug-likeness (QED) is 0.829. The second kappa shape index (κ2) is 5.51. The Morgan fingerprint density at radius 2 is 2.11 bits per heavy atom. The van der Waals surface area contributed by atoms with Gasteiger partial charge in [-0.25, -0.2) is 0 Å². The molecule has 0 spiro atoms. The summed E-state index contributed by atoms with van der Waals surface area (Å²) in [5.74, 6) is 1.67. The van der Waals surface area contributed by atoms with Gasteiger partial charge in [0.2, 0.25) is 0 Å². The number of rotatable bonds is 6. The topological polar surface area (TPSA) is 41.5 Å². The Morgan fingerprint density at radius 1 is 1.42 bits per heavy atom. The smallest absolute Gasteiger partial charge is 0.122 e. The molecule has 3 nitrogen and oxygen atoms in total. The Kier molecular flexibility index (Phi) is 4.16. The largest absolute Gasteiger partial charge is 0.496 e. The standard InChI is InChI=1S/C16H25NO2/c1-11(2)14-9-13(7-8-15(14)19-4)16(18,10-17-3)12-5-6-12/h7-9,11-12,17-18H,5-6,10H2,1-4H3. The van der Waals surface area contributed by atoms with E-state index in [4.69, 9.17) is 4.74 Å². The van der Waals surface area contributed by atoms with Crippen molar-refractivity contribution >= 4 is 0 Å². The molecule has 0 saturated heterocycles. The van der Waals surface area contributed by atoms with E-state index in [1.165, 1.54) is 0 Å². The average molecular weight is 263 g/mol. The van der Waals surface area contributed by atoms with Gasteiger partial charge in [-0.05, 0) is 55.0 Å². The molecule has 1 atom stereocenters. The van der Waals surface area contributed by atoms with Crippen LogP contribution < -0.4 is 10.1 Å². The summed E-state index contributed by atoms with van der Waals surface area (Å²) in [5, 5.41) is 14.1. The van der Waals surface area contributed by atoms with Crippen LogP contribution in [0.3, 0.4) is 0 Å². The minimum atomic E-state index is -0.745. The van der Waals surface area contributed by atoms with E-state index in [1.54, 1.807) is 7.11 Å². The van der Waals surface area contributed by atoms with Gasteiger partial charge in [0.05, 0.1) is 7.11 Å². The van der Waals surface area contributed by atoms with Gasteiger partial charge in [-0.1, -0.05) is 19.9 Å². The van der Waals surface area contributed by atoms with Gasteiger partial charge in [0.15, 0.2) is 0 Å². The van der Waals surface area contributed by atoms with Crippen molar-refractivity contribution in [1.29, 1.82) is 0 Å². The molecule has 1 aliphatic carbocycles. The summed E-state index contributed by atoms with van der Waals surface area (Å²) in [6.07, 6.45) is 2.22. The van der Waals surface area contributed by atoms with Crippen LogP contribution in [0.1, 0.15) is 43.7 Å². The van der Waals surface area contributed by atoms with Crippen LogP contribution in [0.5, 0.6) is 5.75 Å². The van der Waals surface area contributed by atoms with Crippen LogP contribution in [0.2, 0.25) is 0 Å². The molecule has 0 amide bonds. The summed E-state index contributed by atoms with van der Waals surface area (Å²) in [7, 11) is 3.59. The molecule has 0 aliphatic heterocycles. The highest BCUT2D eigenvalue weighted by molar-refractivity contribution is 5.42. The van der Waals surface area contributed by atoms with E-state index in [0.717, 1.165) is 29.7 Å². The molecule has 0 bridgehead atoms. The van der Waals surface area contributed by atoms with Crippen LogP contribution >= 0.6 is 0 Å². The van der Waals surface area contributed by atoms with Crippen molar-refractivity contribution in [2.45, 2.75) is 38.2 Å². The highest BCUT2D eigenvalue weighted by Crippen LogP contribution is 2.46. The molecule has 1 saturated carbocycles. The fourth-order valence-electron chi connectivity index (χ4n) is 2.77. The molecule has 19 heavy (non-hydrogen) atoms. The van der Waals surface area contributed by atoms with Gasteiger partial charge < -0.3 is 15.2 Å². The Bertz CT molecular complexity index is 440. The monoisotopic (exact) mass is 263 g/mol. The lowest BCUT2D eigenvalue weighted by molar-refractivity contribution is 0.0152. The molecule has 106 valence electrons. The van der Waals surface area contributed by atoms with Gasteiger partial charge in [-0.2, -0.15) is 0 Å². The second-order valence-electron chi connectivity index (χ2n) is 5.84. The van der Waals surface area contributed by atoms with Gasteiger partial charge in [-0.3, -0.25) is 0 Å². The molecule has 3 heteroatoms. The fourth-order valence-corrected chi connectivity index (χ4v) is 2.77. The van der Waals surface area contributed by atoms with E-state index >= 15 is 0 Å². The Morgan fingerprint density at radius 3 is 2.58 bits per heavy atom. The zero-order chi connectivity index (χ0) is 14.0. The van der Waals surface area contributed by atoms with Crippen LogP contribution in [-0.4, -0.2) is 25.8 Å². The van der Waals surface area contributed by atoms with Gasteiger partial charge in [0.25, 0.3) is 0 Å². The summed E-state index contributed by atoms with van der Waals surface area (Å²) in [5.41, 5.74) is 1.43. The summed E-state index contributed by atoms with van der Waals surface area (Å²) < 4.78 is 5.41. The summed E-state index contributed by atoms with van der Waals surface area (Å²) in [6, 6.07) is 6.09. The minimum Gasteiger partial charge on any atom is -0.496 e. The van der Waals surface area contributed by atoms with Crippen molar-refractivity contribution in [3.05, 3.63) is 29.3 Å². The fraction of sp³-hybridized carbons (Fsp3) is 0.625. The lowest BCUT2D eigenvalue weighted by Gasteiger charge is -2.30. The number of nitrogens with one attached hydrogen (secondary N) is 1. The molecule has 0 heterocycles. The van der Waals surface area contributed by atoms with E-state index in [1.807, 2.05) is 19.2 Å². The molecule has 1 aromatic carbocycles. The zero-order valence-corrected chi connectivity index (χ0v) is 12.4. The van der Waals surface area contributed by atoms with Gasteiger partial charge in [-0.15, -0.1) is 0 Å². The number of methoxy groups -OCH3 is 1. The van der Waals surface area contributed by atoms with E-state index < -0.39 is 5.60 Å². The lowest BCUT2D eigenvalue weighted by atomic mass is 9.86. The minimum absolute atomic E-state index is 0.382. The molecule has 2 rings (SSSR count). The number of hydrogen-bond acceptors (Lipinski definition) is 3. The summed E-state index contributed by atoms with van der Waals surface area (Å²) in [4.78, 5) is 0. The molecule has 1 aromatic rings. The highest BCUT2D eigenvalue weighted by atomic mass is 16.5. The maximum absolute atomic E-state index is 11.0. The molecule has 0 aromatic heterocycles. The number of hydrogen-bond donors (Lipinski definition) is 2. The Labute approximate surface area is 116 Å². The predicted octanol–water partition coefficient (Wildman–Crippen LogP) is 2.64. The van der Waals surface area contributed by atoms with Crippen LogP contribution in [0.25, 0.3) is 0 Å². The second-order valence-corrected chi connectivity index (χ2v) is 5.84. The van der Waals surface area contributed by atoms with E-state index in [0.29, 0.717) is 18.4 Å². The van der Waals surface area contributed by atoms with Crippen LogP contribution in [0, 0.1) is 5.92 Å². The van der Waals surface area contributed by atoms with Crippen LogP contribution in [0.15, 0.2) is 18.2 Å². The molecular formula is C16H25NO2. The first-order valence-corrected chi connectivity index (χ1v) is 7.08. The predicted molar refractivity (Wildman–Crippen MR) is 77.6 cm³/mol. The Balaban J connectivity index is 2.40. The lowest BCUT2D eigenvalue weighted by Crippen LogP contribution is -2.38. The van der Waals surface area contributed by atoms with Crippen LogP contribution in [0.4, 0.5) is 0 Å².